The summed E-state index contributed by atoms with van der Waals surface area (Å²) in [6, 6.07) is 9.71. The van der Waals surface area contributed by atoms with Gasteiger partial charge in [0, 0.05) is 23.3 Å². The highest BCUT2D eigenvalue weighted by Gasteiger charge is 2.25. The van der Waals surface area contributed by atoms with Gasteiger partial charge in [0.2, 0.25) is 0 Å². The van der Waals surface area contributed by atoms with E-state index in [-0.39, 0.29) is 12.6 Å². The minimum Gasteiger partial charge on any atom is -0.394 e. The minimum absolute atomic E-state index is 0.112. The van der Waals surface area contributed by atoms with Crippen LogP contribution in [0.5, 0.6) is 0 Å². The van der Waals surface area contributed by atoms with Gasteiger partial charge in [0.15, 0.2) is 16.1 Å². The van der Waals surface area contributed by atoms with Gasteiger partial charge in [-0.3, -0.25) is 0 Å². The zero-order valence-corrected chi connectivity index (χ0v) is 21.7. The summed E-state index contributed by atoms with van der Waals surface area (Å²) in [6.45, 7) is 4.88. The van der Waals surface area contributed by atoms with E-state index < -0.39 is 0 Å². The zero-order chi connectivity index (χ0) is 24.4. The number of hydrogen-bond acceptors (Lipinski definition) is 10. The molecule has 0 bridgehead atoms. The van der Waals surface area contributed by atoms with Crippen molar-refractivity contribution >= 4 is 51.5 Å². The molecule has 5 rings (SSSR count). The molecule has 1 aliphatic heterocycles. The third-order valence-corrected chi connectivity index (χ3v) is 7.99. The summed E-state index contributed by atoms with van der Waals surface area (Å²) >= 11 is 9.24. The molecular formula is C24H24ClN7OS2. The Kier molecular flexibility index (Phi) is 7.14. The predicted octanol–water partition coefficient (Wildman–Crippen LogP) is 5.52. The SMILES string of the molecule is Cc1cc(-c2cnc(Nc3ncc(N4CCC[C@H]4CO)nc3C)s2)nc(Sc2ccccc2Cl)n1. The Hall–Kier alpha value is -2.79. The van der Waals surface area contributed by atoms with Crippen molar-refractivity contribution in [3.63, 3.8) is 0 Å². The van der Waals surface area contributed by atoms with E-state index in [9.17, 15) is 5.11 Å². The lowest BCUT2D eigenvalue weighted by atomic mass is 10.2. The highest BCUT2D eigenvalue weighted by atomic mass is 35.5. The maximum atomic E-state index is 9.61. The molecule has 1 aromatic carbocycles. The Morgan fingerprint density at radius 1 is 1.17 bits per heavy atom. The van der Waals surface area contributed by atoms with Crippen LogP contribution in [-0.4, -0.2) is 49.2 Å². The van der Waals surface area contributed by atoms with E-state index in [2.05, 4.69) is 25.2 Å². The molecule has 4 aromatic rings. The molecule has 0 radical (unpaired) electrons. The van der Waals surface area contributed by atoms with Crippen molar-refractivity contribution in [2.75, 3.05) is 23.4 Å². The number of aliphatic hydroxyl groups is 1. The fourth-order valence-corrected chi connectivity index (χ4v) is 5.82. The van der Waals surface area contributed by atoms with Crippen LogP contribution in [-0.2, 0) is 0 Å². The van der Waals surface area contributed by atoms with Crippen molar-refractivity contribution in [2.45, 2.75) is 42.8 Å². The van der Waals surface area contributed by atoms with Crippen LogP contribution < -0.4 is 10.2 Å². The number of thiazole rings is 1. The molecule has 1 saturated heterocycles. The number of anilines is 3. The third kappa shape index (κ3) is 5.40. The van der Waals surface area contributed by atoms with Gasteiger partial charge >= 0.3 is 0 Å². The number of halogens is 1. The van der Waals surface area contributed by atoms with Crippen molar-refractivity contribution in [3.05, 3.63) is 59.1 Å². The molecule has 3 aromatic heterocycles. The molecule has 0 saturated carbocycles. The van der Waals surface area contributed by atoms with E-state index in [1.807, 2.05) is 44.2 Å². The smallest absolute Gasteiger partial charge is 0.193 e. The Morgan fingerprint density at radius 3 is 2.83 bits per heavy atom. The zero-order valence-electron chi connectivity index (χ0n) is 19.3. The van der Waals surface area contributed by atoms with Gasteiger partial charge in [-0.1, -0.05) is 35.1 Å². The quantitative estimate of drug-likeness (QED) is 0.302. The van der Waals surface area contributed by atoms with Gasteiger partial charge in [-0.05, 0) is 56.7 Å². The van der Waals surface area contributed by atoms with Crippen molar-refractivity contribution < 1.29 is 5.11 Å². The van der Waals surface area contributed by atoms with Gasteiger partial charge in [0.25, 0.3) is 0 Å². The monoisotopic (exact) mass is 525 g/mol. The van der Waals surface area contributed by atoms with Gasteiger partial charge < -0.3 is 15.3 Å². The molecule has 4 heterocycles. The standard InChI is InChI=1S/C24H24ClN7OS2/c1-14-10-18(30-24(28-14)34-19-8-4-3-7-17(19)25)20-11-27-23(35-20)31-22-15(2)29-21(12-26-22)32-9-5-6-16(32)13-33/h3-4,7-8,10-12,16,33H,5-6,9,13H2,1-2H3,(H,26,27,31)/t16-/m0/s1. The number of aryl methyl sites for hydroxylation is 2. The maximum absolute atomic E-state index is 9.61. The minimum atomic E-state index is 0.112. The summed E-state index contributed by atoms with van der Waals surface area (Å²) in [5.74, 6) is 1.45. The van der Waals surface area contributed by atoms with Gasteiger partial charge in [-0.25, -0.2) is 24.9 Å². The average Bonchev–Trinajstić information content (AvgIpc) is 3.51. The third-order valence-electron chi connectivity index (χ3n) is 5.67. The molecule has 2 N–H and O–H groups in total. The summed E-state index contributed by atoms with van der Waals surface area (Å²) < 4.78 is 0. The predicted molar refractivity (Wildman–Crippen MR) is 141 cm³/mol. The Labute approximate surface area is 216 Å². The van der Waals surface area contributed by atoms with E-state index in [1.165, 1.54) is 23.1 Å². The fraction of sp³-hybridized carbons (Fsp3) is 0.292. The lowest BCUT2D eigenvalue weighted by Gasteiger charge is -2.24. The second kappa shape index (κ2) is 10.4. The van der Waals surface area contributed by atoms with Crippen LogP contribution >= 0.6 is 34.7 Å². The topological polar surface area (TPSA) is 100.0 Å². The maximum Gasteiger partial charge on any atom is 0.193 e. The van der Waals surface area contributed by atoms with Crippen LogP contribution in [0.4, 0.5) is 16.8 Å². The van der Waals surface area contributed by atoms with E-state index in [0.29, 0.717) is 21.1 Å². The number of benzene rings is 1. The summed E-state index contributed by atoms with van der Waals surface area (Å²) in [4.78, 5) is 27.1. The molecule has 1 fully saturated rings. The summed E-state index contributed by atoms with van der Waals surface area (Å²) in [6.07, 6.45) is 5.57. The first-order valence-electron chi connectivity index (χ1n) is 11.2. The molecule has 35 heavy (non-hydrogen) atoms. The number of aromatic nitrogens is 5. The fourth-order valence-electron chi connectivity index (χ4n) is 3.95. The molecule has 180 valence electrons. The first-order chi connectivity index (χ1) is 17.0. The van der Waals surface area contributed by atoms with Gasteiger partial charge in [0.1, 0.15) is 5.82 Å². The molecular weight excluding hydrogens is 502 g/mol. The Balaban J connectivity index is 1.33. The highest BCUT2D eigenvalue weighted by Crippen LogP contribution is 2.35. The average molecular weight is 526 g/mol. The van der Waals surface area contributed by atoms with Crippen molar-refractivity contribution in [1.29, 1.82) is 0 Å². The van der Waals surface area contributed by atoms with Crippen molar-refractivity contribution in [1.82, 2.24) is 24.9 Å². The molecule has 8 nitrogen and oxygen atoms in total. The lowest BCUT2D eigenvalue weighted by molar-refractivity contribution is 0.266. The van der Waals surface area contributed by atoms with Crippen LogP contribution in [0.2, 0.25) is 5.02 Å². The van der Waals surface area contributed by atoms with Crippen LogP contribution in [0.15, 0.2) is 52.8 Å². The first-order valence-corrected chi connectivity index (χ1v) is 13.2. The number of nitrogens with zero attached hydrogens (tertiary/aromatic N) is 6. The molecule has 11 heteroatoms. The summed E-state index contributed by atoms with van der Waals surface area (Å²) in [5.41, 5.74) is 2.45. The van der Waals surface area contributed by atoms with Crippen LogP contribution in [0, 0.1) is 13.8 Å². The van der Waals surface area contributed by atoms with Crippen molar-refractivity contribution in [3.8, 4) is 10.6 Å². The second-order valence-corrected chi connectivity index (χ2v) is 10.6. The molecule has 1 atom stereocenters. The Morgan fingerprint density at radius 2 is 2.03 bits per heavy atom. The normalized spacial score (nSPS) is 15.5. The molecule has 0 unspecified atom stereocenters. The summed E-state index contributed by atoms with van der Waals surface area (Å²) in [5, 5.41) is 14.9. The van der Waals surface area contributed by atoms with Crippen LogP contribution in [0.25, 0.3) is 10.6 Å². The Bertz CT molecular complexity index is 1350. The molecule has 0 aliphatic carbocycles. The highest BCUT2D eigenvalue weighted by molar-refractivity contribution is 7.99. The van der Waals surface area contributed by atoms with Crippen LogP contribution in [0.3, 0.4) is 0 Å². The van der Waals surface area contributed by atoms with Gasteiger partial charge in [-0.15, -0.1) is 0 Å². The van der Waals surface area contributed by atoms with E-state index in [1.54, 1.807) is 12.4 Å². The first kappa shape index (κ1) is 23.9. The number of aliphatic hydroxyl groups excluding tert-OH is 1. The van der Waals surface area contributed by atoms with E-state index >= 15 is 0 Å². The second-order valence-electron chi connectivity index (χ2n) is 8.20. The van der Waals surface area contributed by atoms with E-state index in [0.717, 1.165) is 52.1 Å². The molecule has 1 aliphatic rings. The summed E-state index contributed by atoms with van der Waals surface area (Å²) in [7, 11) is 0. The molecule has 0 spiro atoms. The number of hydrogen-bond donors (Lipinski definition) is 2. The van der Waals surface area contributed by atoms with E-state index in [4.69, 9.17) is 21.6 Å². The van der Waals surface area contributed by atoms with Gasteiger partial charge in [0.05, 0.1) is 40.1 Å². The van der Waals surface area contributed by atoms with Gasteiger partial charge in [-0.2, -0.15) is 0 Å². The van der Waals surface area contributed by atoms with Crippen LogP contribution in [0.1, 0.15) is 24.2 Å². The molecule has 0 amide bonds. The number of nitrogens with one attached hydrogen (secondary N) is 1. The van der Waals surface area contributed by atoms with Crippen molar-refractivity contribution in [2.24, 2.45) is 0 Å². The number of rotatable bonds is 7. The largest absolute Gasteiger partial charge is 0.394 e. The lowest BCUT2D eigenvalue weighted by Crippen LogP contribution is -2.33.